The third-order valence-electron chi connectivity index (χ3n) is 3.67. The molecule has 1 atom stereocenters. The van der Waals surface area contributed by atoms with Crippen molar-refractivity contribution >= 4 is 22.6 Å². The molecule has 1 aliphatic rings. The first kappa shape index (κ1) is 17.0. The van der Waals surface area contributed by atoms with Gasteiger partial charge in [-0.05, 0) is 34.6 Å². The summed E-state index contributed by atoms with van der Waals surface area (Å²) < 4.78 is 0. The first-order valence-electron chi connectivity index (χ1n) is 6.90. The monoisotopic (exact) mass is 393 g/mol. The molecule has 0 aliphatic heterocycles. The fraction of sp³-hybridized carbons (Fsp3) is 0.167. The first-order valence-corrected chi connectivity index (χ1v) is 13.2. The molecule has 21 heavy (non-hydrogen) atoms. The molecular formula is C18H17Cl2Zr. The minimum atomic E-state index is -0.826. The Hall–Kier alpha value is -0.357. The van der Waals surface area contributed by atoms with E-state index >= 15 is 0 Å². The van der Waals surface area contributed by atoms with Gasteiger partial charge in [-0.15, -0.1) is 0 Å². The molecule has 1 radical (unpaired) electrons. The van der Waals surface area contributed by atoms with Crippen molar-refractivity contribution in [2.24, 2.45) is 0 Å². The molecule has 2 aromatic carbocycles. The standard InChI is InChI=1S/C18H17.2ClH.Zr/c1-14(15-7-3-2-4-8-15)13-17-12-11-16-9-5-6-10-18(16)17;;;/h2-12,14H,13H2,1H3;2*1H;/q;;;+2/p-2. The van der Waals surface area contributed by atoms with Crippen molar-refractivity contribution in [3.05, 3.63) is 83.8 Å². The Balaban J connectivity index is 0.000000497. The van der Waals surface area contributed by atoms with Crippen LogP contribution in [0.4, 0.5) is 0 Å². The third kappa shape index (κ3) is 4.81. The third-order valence-corrected chi connectivity index (χ3v) is 3.67. The van der Waals surface area contributed by atoms with Gasteiger partial charge < -0.3 is 0 Å². The van der Waals surface area contributed by atoms with E-state index < -0.39 is 20.8 Å². The maximum absolute atomic E-state index is 4.93. The van der Waals surface area contributed by atoms with Crippen LogP contribution in [0.3, 0.4) is 0 Å². The number of rotatable bonds is 3. The van der Waals surface area contributed by atoms with Crippen molar-refractivity contribution in [1.29, 1.82) is 0 Å². The molecule has 0 N–H and O–H groups in total. The maximum atomic E-state index is 4.93. The molecule has 0 saturated carbocycles. The van der Waals surface area contributed by atoms with Gasteiger partial charge in [0.05, 0.1) is 0 Å². The summed E-state index contributed by atoms with van der Waals surface area (Å²) in [5.41, 5.74) is 5.64. The fourth-order valence-electron chi connectivity index (χ4n) is 2.62. The number of halogens is 2. The molecular weight excluding hydrogens is 378 g/mol. The molecule has 0 nitrogen and oxygen atoms in total. The van der Waals surface area contributed by atoms with Crippen LogP contribution in [0.1, 0.15) is 36.0 Å². The minimum absolute atomic E-state index is 0.567. The Morgan fingerprint density at radius 1 is 0.952 bits per heavy atom. The van der Waals surface area contributed by atoms with Gasteiger partial charge >= 0.3 is 37.9 Å². The number of hydrogen-bond donors (Lipinski definition) is 0. The van der Waals surface area contributed by atoms with Gasteiger partial charge in [-0.25, -0.2) is 0 Å². The molecule has 3 heteroatoms. The van der Waals surface area contributed by atoms with Gasteiger partial charge in [0, 0.05) is 6.42 Å². The Labute approximate surface area is 145 Å². The topological polar surface area (TPSA) is 0 Å². The second-order valence-electron chi connectivity index (χ2n) is 5.03. The Kier molecular flexibility index (Phi) is 7.23. The molecule has 0 bridgehead atoms. The molecule has 1 unspecified atom stereocenters. The van der Waals surface area contributed by atoms with Crippen molar-refractivity contribution in [2.75, 3.05) is 0 Å². The van der Waals surface area contributed by atoms with E-state index in [2.05, 4.69) is 74.0 Å². The van der Waals surface area contributed by atoms with Crippen LogP contribution in [-0.4, -0.2) is 0 Å². The van der Waals surface area contributed by atoms with Crippen molar-refractivity contribution in [3.8, 4) is 0 Å². The summed E-state index contributed by atoms with van der Waals surface area (Å²) >= 11 is -0.826. The molecule has 3 rings (SSSR count). The normalized spacial score (nSPS) is 13.6. The molecule has 1 aliphatic carbocycles. The van der Waals surface area contributed by atoms with Crippen LogP contribution in [0.15, 0.2) is 60.7 Å². The van der Waals surface area contributed by atoms with Crippen molar-refractivity contribution in [3.63, 3.8) is 0 Å². The van der Waals surface area contributed by atoms with E-state index in [1.165, 1.54) is 22.3 Å². The molecule has 2 aromatic rings. The summed E-state index contributed by atoms with van der Waals surface area (Å²) in [6.45, 7) is 2.30. The van der Waals surface area contributed by atoms with Crippen molar-refractivity contribution in [2.45, 2.75) is 19.3 Å². The SMILES string of the molecule is CC(CC1=C[CH]c2ccccc21)c1ccccc1.[Cl][Zr][Cl]. The average Bonchev–Trinajstić information content (AvgIpc) is 2.92. The van der Waals surface area contributed by atoms with E-state index in [1.807, 2.05) is 0 Å². The van der Waals surface area contributed by atoms with Crippen LogP contribution in [0.2, 0.25) is 0 Å². The Morgan fingerprint density at radius 3 is 2.29 bits per heavy atom. The average molecular weight is 395 g/mol. The second kappa shape index (κ2) is 8.93. The zero-order valence-electron chi connectivity index (χ0n) is 11.9. The van der Waals surface area contributed by atoms with Gasteiger partial charge in [-0.1, -0.05) is 67.6 Å². The van der Waals surface area contributed by atoms with Crippen LogP contribution in [0, 0.1) is 6.42 Å². The Bertz CT molecular complexity index is 593. The summed E-state index contributed by atoms with van der Waals surface area (Å²) in [6.07, 6.45) is 5.60. The van der Waals surface area contributed by atoms with Gasteiger partial charge in [0.25, 0.3) is 0 Å². The summed E-state index contributed by atoms with van der Waals surface area (Å²) in [5, 5.41) is 0. The van der Waals surface area contributed by atoms with E-state index in [-0.39, 0.29) is 0 Å². The summed E-state index contributed by atoms with van der Waals surface area (Å²) in [4.78, 5) is 0. The molecule has 107 valence electrons. The molecule has 0 saturated heterocycles. The van der Waals surface area contributed by atoms with Crippen LogP contribution in [0.5, 0.6) is 0 Å². The zero-order valence-corrected chi connectivity index (χ0v) is 15.9. The van der Waals surface area contributed by atoms with Gasteiger partial charge in [0.2, 0.25) is 0 Å². The second-order valence-corrected chi connectivity index (χ2v) is 8.76. The van der Waals surface area contributed by atoms with E-state index in [1.54, 1.807) is 0 Å². The number of fused-ring (bicyclic) bond motifs is 1. The van der Waals surface area contributed by atoms with E-state index in [0.29, 0.717) is 5.92 Å². The summed E-state index contributed by atoms with van der Waals surface area (Å²) in [7, 11) is 9.87. The van der Waals surface area contributed by atoms with Crippen LogP contribution >= 0.6 is 17.0 Å². The number of hydrogen-bond acceptors (Lipinski definition) is 0. The summed E-state index contributed by atoms with van der Waals surface area (Å²) in [5.74, 6) is 0.567. The summed E-state index contributed by atoms with van der Waals surface area (Å²) in [6, 6.07) is 19.4. The van der Waals surface area contributed by atoms with Crippen LogP contribution in [0.25, 0.3) is 5.57 Å². The molecule has 0 fully saturated rings. The van der Waals surface area contributed by atoms with E-state index in [0.717, 1.165) is 6.42 Å². The van der Waals surface area contributed by atoms with E-state index in [4.69, 9.17) is 17.0 Å². The molecule has 0 heterocycles. The van der Waals surface area contributed by atoms with Crippen LogP contribution in [-0.2, 0) is 20.8 Å². The molecule has 0 aromatic heterocycles. The fourth-order valence-corrected chi connectivity index (χ4v) is 2.62. The predicted molar refractivity (Wildman–Crippen MR) is 89.0 cm³/mol. The van der Waals surface area contributed by atoms with Gasteiger partial charge in [-0.2, -0.15) is 0 Å². The predicted octanol–water partition coefficient (Wildman–Crippen LogP) is 6.21. The van der Waals surface area contributed by atoms with Crippen molar-refractivity contribution < 1.29 is 20.8 Å². The van der Waals surface area contributed by atoms with Crippen LogP contribution < -0.4 is 0 Å². The quantitative estimate of drug-likeness (QED) is 0.580. The number of benzene rings is 2. The molecule has 0 amide bonds. The van der Waals surface area contributed by atoms with E-state index in [9.17, 15) is 0 Å². The molecule has 0 spiro atoms. The van der Waals surface area contributed by atoms with Gasteiger partial charge in [0.15, 0.2) is 0 Å². The first-order chi connectivity index (χ1) is 10.3. The van der Waals surface area contributed by atoms with Gasteiger partial charge in [-0.3, -0.25) is 0 Å². The van der Waals surface area contributed by atoms with Crippen molar-refractivity contribution in [1.82, 2.24) is 0 Å². The zero-order chi connectivity index (χ0) is 15.1. The number of allylic oxidation sites excluding steroid dienone is 2. The Morgan fingerprint density at radius 2 is 1.57 bits per heavy atom. The van der Waals surface area contributed by atoms with Gasteiger partial charge in [0.1, 0.15) is 0 Å².